The normalized spacial score (nSPS) is 25.7. The number of hydrogen-bond acceptors (Lipinski definition) is 5. The second-order valence-corrected chi connectivity index (χ2v) is 8.08. The minimum Gasteiger partial charge on any atom is -0.497 e. The molecule has 7 heteroatoms. The lowest BCUT2D eigenvalue weighted by molar-refractivity contribution is -0.123. The quantitative estimate of drug-likeness (QED) is 0.595. The van der Waals surface area contributed by atoms with Gasteiger partial charge in [-0.3, -0.25) is 14.4 Å². The molecule has 2 fully saturated rings. The number of nitrogens with zero attached hydrogens (tertiary/aromatic N) is 1. The molecule has 0 spiro atoms. The molecule has 1 heterocycles. The first kappa shape index (κ1) is 19.4. The van der Waals surface area contributed by atoms with Gasteiger partial charge in [0.2, 0.25) is 11.8 Å². The van der Waals surface area contributed by atoms with Crippen LogP contribution in [-0.4, -0.2) is 31.9 Å². The molecule has 1 saturated heterocycles. The van der Waals surface area contributed by atoms with Crippen LogP contribution in [0, 0.1) is 23.7 Å². The molecule has 2 aromatic rings. The van der Waals surface area contributed by atoms with Gasteiger partial charge >= 0.3 is 0 Å². The van der Waals surface area contributed by atoms with E-state index >= 15 is 0 Å². The predicted octanol–water partition coefficient (Wildman–Crippen LogP) is 3.27. The van der Waals surface area contributed by atoms with Crippen molar-refractivity contribution in [3.05, 3.63) is 60.2 Å². The molecule has 2 bridgehead atoms. The molecule has 1 saturated carbocycles. The van der Waals surface area contributed by atoms with Gasteiger partial charge in [0.1, 0.15) is 11.5 Å². The zero-order chi connectivity index (χ0) is 21.7. The number of anilines is 2. The molecule has 0 aromatic heterocycles. The summed E-state index contributed by atoms with van der Waals surface area (Å²) in [5.41, 5.74) is 1.26. The molecule has 0 radical (unpaired) electrons. The van der Waals surface area contributed by atoms with Crippen molar-refractivity contribution in [2.75, 3.05) is 24.4 Å². The van der Waals surface area contributed by atoms with Gasteiger partial charge in [-0.1, -0.05) is 18.2 Å². The van der Waals surface area contributed by atoms with E-state index in [4.69, 9.17) is 9.47 Å². The van der Waals surface area contributed by atoms with Crippen molar-refractivity contribution in [2.45, 2.75) is 6.42 Å². The van der Waals surface area contributed by atoms with E-state index in [0.29, 0.717) is 28.4 Å². The van der Waals surface area contributed by atoms with Crippen LogP contribution in [0.5, 0.6) is 11.5 Å². The molecule has 5 rings (SSSR count). The Kier molecular flexibility index (Phi) is 4.54. The lowest BCUT2D eigenvalue weighted by atomic mass is 9.85. The van der Waals surface area contributed by atoms with Gasteiger partial charge in [-0.2, -0.15) is 0 Å². The summed E-state index contributed by atoms with van der Waals surface area (Å²) >= 11 is 0. The van der Waals surface area contributed by atoms with Crippen LogP contribution in [0.4, 0.5) is 11.4 Å². The number of benzene rings is 2. The fraction of sp³-hybridized carbons (Fsp3) is 0.292. The van der Waals surface area contributed by atoms with E-state index in [2.05, 4.69) is 17.5 Å². The Labute approximate surface area is 179 Å². The number of fused-ring (bicyclic) bond motifs is 5. The Morgan fingerprint density at radius 1 is 0.968 bits per heavy atom. The van der Waals surface area contributed by atoms with Crippen molar-refractivity contribution in [2.24, 2.45) is 23.7 Å². The summed E-state index contributed by atoms with van der Waals surface area (Å²) in [6.45, 7) is 0. The van der Waals surface area contributed by atoms with Crippen LogP contribution in [0.3, 0.4) is 0 Å². The first-order valence-electron chi connectivity index (χ1n) is 10.2. The molecular weight excluding hydrogens is 396 g/mol. The lowest BCUT2D eigenvalue weighted by Crippen LogP contribution is -2.33. The number of imide groups is 1. The number of carbonyl (C=O) groups excluding carboxylic acids is 3. The summed E-state index contributed by atoms with van der Waals surface area (Å²) in [6, 6.07) is 11.7. The number of rotatable bonds is 5. The molecule has 4 atom stereocenters. The van der Waals surface area contributed by atoms with E-state index in [9.17, 15) is 14.4 Å². The molecule has 7 nitrogen and oxygen atoms in total. The van der Waals surface area contributed by atoms with Gasteiger partial charge < -0.3 is 14.8 Å². The van der Waals surface area contributed by atoms with Gasteiger partial charge in [0, 0.05) is 11.6 Å². The average Bonchev–Trinajstić information content (AvgIpc) is 3.47. The molecule has 31 heavy (non-hydrogen) atoms. The van der Waals surface area contributed by atoms with Gasteiger partial charge in [0.15, 0.2) is 0 Å². The van der Waals surface area contributed by atoms with Gasteiger partial charge in [0.05, 0.1) is 37.4 Å². The fourth-order valence-electron chi connectivity index (χ4n) is 5.04. The number of hydrogen-bond donors (Lipinski definition) is 1. The highest BCUT2D eigenvalue weighted by Gasteiger charge is 2.59. The summed E-state index contributed by atoms with van der Waals surface area (Å²) < 4.78 is 10.5. The third-order valence-corrected chi connectivity index (χ3v) is 6.49. The summed E-state index contributed by atoms with van der Waals surface area (Å²) in [7, 11) is 3.06. The minimum atomic E-state index is -0.369. The van der Waals surface area contributed by atoms with Crippen LogP contribution in [0.2, 0.25) is 0 Å². The number of ether oxygens (including phenoxy) is 2. The number of allylic oxidation sites excluding steroid dienone is 2. The highest BCUT2D eigenvalue weighted by molar-refractivity contribution is 6.23. The Bertz CT molecular complexity index is 1090. The van der Waals surface area contributed by atoms with Crippen molar-refractivity contribution in [1.29, 1.82) is 0 Å². The molecule has 0 unspecified atom stereocenters. The second-order valence-electron chi connectivity index (χ2n) is 8.08. The number of carbonyl (C=O) groups is 3. The van der Waals surface area contributed by atoms with Gasteiger partial charge in [-0.15, -0.1) is 0 Å². The SMILES string of the molecule is COc1ccc(NC(=O)c2cccc(N3C(=O)[C@@H]4[C@@H](C3=O)[C@@H]3C=C[C@@H]4C3)c2)c(OC)c1. The average molecular weight is 418 g/mol. The van der Waals surface area contributed by atoms with Crippen LogP contribution in [0.25, 0.3) is 0 Å². The van der Waals surface area contributed by atoms with Gasteiger partial charge in [0.25, 0.3) is 5.91 Å². The van der Waals surface area contributed by atoms with E-state index in [-0.39, 0.29) is 41.4 Å². The first-order valence-corrected chi connectivity index (χ1v) is 10.2. The van der Waals surface area contributed by atoms with Crippen molar-refractivity contribution in [3.63, 3.8) is 0 Å². The topological polar surface area (TPSA) is 84.9 Å². The third kappa shape index (κ3) is 3.00. The number of amides is 3. The van der Waals surface area contributed by atoms with Crippen molar-refractivity contribution < 1.29 is 23.9 Å². The van der Waals surface area contributed by atoms with Crippen LogP contribution in [0.1, 0.15) is 16.8 Å². The molecular formula is C24H22N2O5. The van der Waals surface area contributed by atoms with E-state index in [1.165, 1.54) is 12.0 Å². The first-order chi connectivity index (χ1) is 15.0. The van der Waals surface area contributed by atoms with Crippen LogP contribution < -0.4 is 19.7 Å². The Morgan fingerprint density at radius 2 is 1.68 bits per heavy atom. The number of methoxy groups -OCH3 is 2. The smallest absolute Gasteiger partial charge is 0.255 e. The van der Waals surface area contributed by atoms with E-state index in [1.54, 1.807) is 49.6 Å². The number of nitrogens with one attached hydrogen (secondary N) is 1. The maximum atomic E-state index is 13.0. The molecule has 2 aromatic carbocycles. The van der Waals surface area contributed by atoms with Crippen molar-refractivity contribution in [3.8, 4) is 11.5 Å². The summed E-state index contributed by atoms with van der Waals surface area (Å²) in [5.74, 6) is 0.110. The van der Waals surface area contributed by atoms with Gasteiger partial charge in [-0.25, -0.2) is 4.90 Å². The Balaban J connectivity index is 1.39. The fourth-order valence-corrected chi connectivity index (χ4v) is 5.04. The maximum Gasteiger partial charge on any atom is 0.255 e. The van der Waals surface area contributed by atoms with Crippen molar-refractivity contribution in [1.82, 2.24) is 0 Å². The Hall–Kier alpha value is -3.61. The minimum absolute atomic E-state index is 0.144. The zero-order valence-electron chi connectivity index (χ0n) is 17.2. The standard InChI is InChI=1S/C24H22N2O5/c1-30-17-8-9-18(19(12-17)31-2)25-22(27)15-4-3-5-16(11-15)26-23(28)20-13-6-7-14(10-13)21(20)24(26)29/h3-9,11-14,20-21H,10H2,1-2H3,(H,25,27)/t13-,14-,20+,21+/m1/s1. The summed E-state index contributed by atoms with van der Waals surface area (Å²) in [4.78, 5) is 40.2. The largest absolute Gasteiger partial charge is 0.497 e. The summed E-state index contributed by atoms with van der Waals surface area (Å²) in [5, 5.41) is 2.82. The lowest BCUT2D eigenvalue weighted by Gasteiger charge is -2.18. The third-order valence-electron chi connectivity index (χ3n) is 6.49. The monoisotopic (exact) mass is 418 g/mol. The van der Waals surface area contributed by atoms with Crippen molar-refractivity contribution >= 4 is 29.1 Å². The van der Waals surface area contributed by atoms with Gasteiger partial charge in [-0.05, 0) is 48.6 Å². The molecule has 1 aliphatic heterocycles. The molecule has 158 valence electrons. The molecule has 1 N–H and O–H groups in total. The molecule has 3 amide bonds. The summed E-state index contributed by atoms with van der Waals surface area (Å²) in [6.07, 6.45) is 5.01. The maximum absolute atomic E-state index is 13.0. The molecule has 3 aliphatic rings. The second kappa shape index (κ2) is 7.27. The highest BCUT2D eigenvalue weighted by atomic mass is 16.5. The van der Waals surface area contributed by atoms with E-state index in [1.807, 2.05) is 0 Å². The zero-order valence-corrected chi connectivity index (χ0v) is 17.2. The van der Waals surface area contributed by atoms with Crippen LogP contribution in [0.15, 0.2) is 54.6 Å². The van der Waals surface area contributed by atoms with Crippen LogP contribution >= 0.6 is 0 Å². The van der Waals surface area contributed by atoms with E-state index < -0.39 is 0 Å². The molecule has 2 aliphatic carbocycles. The van der Waals surface area contributed by atoms with E-state index in [0.717, 1.165) is 6.42 Å². The highest BCUT2D eigenvalue weighted by Crippen LogP contribution is 2.53. The Morgan fingerprint density at radius 3 is 2.32 bits per heavy atom. The van der Waals surface area contributed by atoms with Crippen LogP contribution in [-0.2, 0) is 9.59 Å². The predicted molar refractivity (Wildman–Crippen MR) is 114 cm³/mol.